The van der Waals surface area contributed by atoms with E-state index < -0.39 is 66.2 Å². The molecule has 0 radical (unpaired) electrons. The minimum atomic E-state index is -1.40. The van der Waals surface area contributed by atoms with Crippen molar-refractivity contribution in [1.82, 2.24) is 31.1 Å². The Bertz CT molecular complexity index is 1140. The first-order valence-corrected chi connectivity index (χ1v) is 14.5. The van der Waals surface area contributed by atoms with Gasteiger partial charge in [-0.2, -0.15) is 0 Å². The molecule has 5 amide bonds. The first-order chi connectivity index (χ1) is 19.9. The van der Waals surface area contributed by atoms with E-state index in [4.69, 9.17) is 4.74 Å². The molecule has 42 heavy (non-hydrogen) atoms. The molecule has 13 heteroatoms. The van der Waals surface area contributed by atoms with Crippen LogP contribution in [0, 0.1) is 5.92 Å². The smallest absolute Gasteiger partial charge is 0.255 e. The lowest BCUT2D eigenvalue weighted by Crippen LogP contribution is -2.60. The van der Waals surface area contributed by atoms with Crippen LogP contribution in [-0.4, -0.2) is 114 Å². The SMILES string of the molecule is CCN1CCN(C(=O)[C@@H]2CC(=O)N[C@@H]([C@@H](C)O)C(=O)N[C@H](C(C)C)C(=O)N[C@@H](C)COc3ccccc3C(=O)N2)CC1. The van der Waals surface area contributed by atoms with Gasteiger partial charge in [-0.1, -0.05) is 32.9 Å². The third-order valence-corrected chi connectivity index (χ3v) is 7.46. The average Bonchev–Trinajstić information content (AvgIpc) is 2.96. The lowest BCUT2D eigenvalue weighted by Gasteiger charge is -2.36. The summed E-state index contributed by atoms with van der Waals surface area (Å²) in [4.78, 5) is 70.3. The number of aliphatic hydroxyl groups is 1. The first-order valence-electron chi connectivity index (χ1n) is 14.5. The topological polar surface area (TPSA) is 169 Å². The zero-order chi connectivity index (χ0) is 31.0. The molecular formula is C29H44N6O7. The summed E-state index contributed by atoms with van der Waals surface area (Å²) in [7, 11) is 0. The van der Waals surface area contributed by atoms with Crippen LogP contribution < -0.4 is 26.0 Å². The van der Waals surface area contributed by atoms with Gasteiger partial charge < -0.3 is 40.9 Å². The maximum absolute atomic E-state index is 13.6. The Hall–Kier alpha value is -3.71. The van der Waals surface area contributed by atoms with E-state index in [9.17, 15) is 29.1 Å². The molecule has 1 fully saturated rings. The molecule has 13 nitrogen and oxygen atoms in total. The van der Waals surface area contributed by atoms with Crippen LogP contribution in [0.2, 0.25) is 0 Å². The summed E-state index contributed by atoms with van der Waals surface area (Å²) in [5, 5.41) is 21.0. The number of hydrogen-bond acceptors (Lipinski definition) is 8. The molecular weight excluding hydrogens is 544 g/mol. The van der Waals surface area contributed by atoms with Crippen molar-refractivity contribution in [3.8, 4) is 5.75 Å². The molecule has 5 atom stereocenters. The molecule has 0 bridgehead atoms. The molecule has 2 heterocycles. The number of rotatable bonds is 4. The molecule has 5 N–H and O–H groups in total. The van der Waals surface area contributed by atoms with Crippen LogP contribution in [0.3, 0.4) is 0 Å². The number of para-hydroxylation sites is 1. The molecule has 1 saturated heterocycles. The second kappa shape index (κ2) is 15.0. The van der Waals surface area contributed by atoms with Crippen LogP contribution in [0.15, 0.2) is 24.3 Å². The third-order valence-electron chi connectivity index (χ3n) is 7.46. The number of aliphatic hydroxyl groups excluding tert-OH is 1. The zero-order valence-corrected chi connectivity index (χ0v) is 25.0. The van der Waals surface area contributed by atoms with E-state index in [0.29, 0.717) is 26.2 Å². The number of ether oxygens (including phenoxy) is 1. The Morgan fingerprint density at radius 3 is 2.21 bits per heavy atom. The van der Waals surface area contributed by atoms with Gasteiger partial charge in [0.15, 0.2) is 0 Å². The predicted octanol–water partition coefficient (Wildman–Crippen LogP) is -0.757. The van der Waals surface area contributed by atoms with E-state index in [1.165, 1.54) is 6.92 Å². The largest absolute Gasteiger partial charge is 0.491 e. The summed E-state index contributed by atoms with van der Waals surface area (Å²) in [5.74, 6) is -3.05. The molecule has 3 rings (SSSR count). The standard InChI is InChI=1S/C29H44N6O7/c1-6-34-11-13-35(14-12-34)29(41)21-15-23(37)32-25(19(5)36)28(40)33-24(17(2)3)27(39)30-18(4)16-42-22-10-8-7-9-20(22)26(38)31-21/h7-10,17-19,21,24-25,36H,6,11-16H2,1-5H3,(H,30,39)(H,31,38)(H,32,37)(H,33,40)/t18-,19+,21-,24+,25-/m0/s1. The maximum Gasteiger partial charge on any atom is 0.255 e. The fraction of sp³-hybridized carbons (Fsp3) is 0.621. The van der Waals surface area contributed by atoms with Gasteiger partial charge in [-0.05, 0) is 38.4 Å². The lowest BCUT2D eigenvalue weighted by atomic mass is 10.0. The molecule has 2 aliphatic heterocycles. The van der Waals surface area contributed by atoms with E-state index in [-0.39, 0.29) is 23.8 Å². The fourth-order valence-electron chi connectivity index (χ4n) is 4.91. The summed E-state index contributed by atoms with van der Waals surface area (Å²) >= 11 is 0. The second-order valence-corrected chi connectivity index (χ2v) is 11.2. The Labute approximate surface area is 246 Å². The van der Waals surface area contributed by atoms with Gasteiger partial charge in [0.1, 0.15) is 30.5 Å². The van der Waals surface area contributed by atoms with Crippen LogP contribution in [0.5, 0.6) is 5.75 Å². The summed E-state index contributed by atoms with van der Waals surface area (Å²) in [5.41, 5.74) is 0.160. The maximum atomic E-state index is 13.6. The lowest BCUT2D eigenvalue weighted by molar-refractivity contribution is -0.138. The number of amides is 5. The first kappa shape index (κ1) is 32.8. The molecule has 2 aliphatic rings. The Kier molecular flexibility index (Phi) is 11.7. The van der Waals surface area contributed by atoms with Gasteiger partial charge in [-0.25, -0.2) is 0 Å². The van der Waals surface area contributed by atoms with Crippen molar-refractivity contribution in [2.45, 2.75) is 71.3 Å². The van der Waals surface area contributed by atoms with Crippen molar-refractivity contribution in [3.63, 3.8) is 0 Å². The van der Waals surface area contributed by atoms with Crippen molar-refractivity contribution in [3.05, 3.63) is 29.8 Å². The van der Waals surface area contributed by atoms with Crippen molar-refractivity contribution >= 4 is 29.5 Å². The quantitative estimate of drug-likeness (QED) is 0.306. The summed E-state index contributed by atoms with van der Waals surface area (Å²) < 4.78 is 5.89. The van der Waals surface area contributed by atoms with Gasteiger partial charge in [0.05, 0.1) is 24.1 Å². The number of fused-ring (bicyclic) bond motifs is 1. The van der Waals surface area contributed by atoms with Gasteiger partial charge in [0, 0.05) is 26.2 Å². The van der Waals surface area contributed by atoms with Gasteiger partial charge in [-0.3, -0.25) is 24.0 Å². The van der Waals surface area contributed by atoms with E-state index in [1.54, 1.807) is 49.9 Å². The van der Waals surface area contributed by atoms with Gasteiger partial charge in [-0.15, -0.1) is 0 Å². The molecule has 232 valence electrons. The van der Waals surface area contributed by atoms with E-state index in [2.05, 4.69) is 26.2 Å². The zero-order valence-electron chi connectivity index (χ0n) is 25.0. The van der Waals surface area contributed by atoms with E-state index in [1.807, 2.05) is 6.92 Å². The van der Waals surface area contributed by atoms with Crippen molar-refractivity contribution < 1.29 is 33.8 Å². The average molecular weight is 589 g/mol. The van der Waals surface area contributed by atoms with Gasteiger partial charge >= 0.3 is 0 Å². The van der Waals surface area contributed by atoms with Crippen molar-refractivity contribution in [2.24, 2.45) is 5.92 Å². The molecule has 0 aliphatic carbocycles. The molecule has 0 aromatic heterocycles. The van der Waals surface area contributed by atoms with Crippen LogP contribution in [0.4, 0.5) is 0 Å². The number of hydrogen-bond donors (Lipinski definition) is 5. The Balaban J connectivity index is 1.95. The number of carbonyl (C=O) groups is 5. The van der Waals surface area contributed by atoms with E-state index in [0.717, 1.165) is 6.54 Å². The molecule has 1 aromatic carbocycles. The third kappa shape index (κ3) is 8.65. The molecule has 0 spiro atoms. The van der Waals surface area contributed by atoms with E-state index >= 15 is 0 Å². The Morgan fingerprint density at radius 1 is 0.952 bits per heavy atom. The highest BCUT2D eigenvalue weighted by molar-refractivity contribution is 6.01. The molecule has 0 unspecified atom stereocenters. The monoisotopic (exact) mass is 588 g/mol. The molecule has 0 saturated carbocycles. The highest BCUT2D eigenvalue weighted by Crippen LogP contribution is 2.19. The second-order valence-electron chi connectivity index (χ2n) is 11.2. The van der Waals surface area contributed by atoms with Crippen molar-refractivity contribution in [1.29, 1.82) is 0 Å². The van der Waals surface area contributed by atoms with Crippen LogP contribution in [-0.2, 0) is 19.2 Å². The number of benzene rings is 1. The summed E-state index contributed by atoms with van der Waals surface area (Å²) in [6.07, 6.45) is -1.78. The molecule has 1 aromatic rings. The number of carbonyl (C=O) groups excluding carboxylic acids is 5. The number of nitrogens with zero attached hydrogens (tertiary/aromatic N) is 2. The fourth-order valence-corrected chi connectivity index (χ4v) is 4.91. The highest BCUT2D eigenvalue weighted by Gasteiger charge is 2.35. The predicted molar refractivity (Wildman–Crippen MR) is 154 cm³/mol. The minimum Gasteiger partial charge on any atom is -0.491 e. The van der Waals surface area contributed by atoms with Crippen LogP contribution in [0.1, 0.15) is 51.4 Å². The van der Waals surface area contributed by atoms with Crippen molar-refractivity contribution in [2.75, 3.05) is 39.3 Å². The normalized spacial score (nSPS) is 26.1. The number of nitrogens with one attached hydrogen (secondary N) is 4. The van der Waals surface area contributed by atoms with Gasteiger partial charge in [0.25, 0.3) is 5.91 Å². The Morgan fingerprint density at radius 2 is 1.60 bits per heavy atom. The number of likely N-dealkylation sites (N-methyl/N-ethyl adjacent to an activating group) is 1. The summed E-state index contributed by atoms with van der Waals surface area (Å²) in [6, 6.07) is 2.41. The van der Waals surface area contributed by atoms with Gasteiger partial charge in [0.2, 0.25) is 23.6 Å². The van der Waals surface area contributed by atoms with Crippen LogP contribution >= 0.6 is 0 Å². The summed E-state index contributed by atoms with van der Waals surface area (Å²) in [6.45, 7) is 11.7. The number of piperazine rings is 1. The highest BCUT2D eigenvalue weighted by atomic mass is 16.5. The van der Waals surface area contributed by atoms with Crippen LogP contribution in [0.25, 0.3) is 0 Å². The minimum absolute atomic E-state index is 0.0230.